The molecule has 0 unspecified atom stereocenters. The number of fused-ring (bicyclic) bond motifs is 1. The van der Waals surface area contributed by atoms with Crippen LogP contribution in [-0.4, -0.2) is 11.5 Å². The minimum atomic E-state index is -0.593. The van der Waals surface area contributed by atoms with Crippen molar-refractivity contribution in [1.29, 1.82) is 0 Å². The first-order valence-corrected chi connectivity index (χ1v) is 7.94. The van der Waals surface area contributed by atoms with Crippen molar-refractivity contribution in [2.24, 2.45) is 5.73 Å². The maximum Gasteiger partial charge on any atom is 0.135 e. The molecule has 0 atom stereocenters. The minimum Gasteiger partial charge on any atom is -0.353 e. The molecule has 0 spiro atoms. The highest BCUT2D eigenvalue weighted by molar-refractivity contribution is 6.35. The van der Waals surface area contributed by atoms with Crippen LogP contribution in [0.3, 0.4) is 0 Å². The standard InChI is InChI=1S/C18H17ClF2N2/c19-15-6-3-5-13-12(4-1-2-9-22)17(23-18(13)15)14-8-7-11(20)10-16(14)21/h3,5-8,10,23H,1-2,4,9,22H2. The highest BCUT2D eigenvalue weighted by Gasteiger charge is 2.17. The molecule has 120 valence electrons. The van der Waals surface area contributed by atoms with Gasteiger partial charge >= 0.3 is 0 Å². The molecule has 2 aromatic carbocycles. The molecule has 1 heterocycles. The van der Waals surface area contributed by atoms with E-state index in [4.69, 9.17) is 17.3 Å². The molecule has 0 saturated carbocycles. The summed E-state index contributed by atoms with van der Waals surface area (Å²) in [6.07, 6.45) is 2.54. The van der Waals surface area contributed by atoms with E-state index in [0.717, 1.165) is 41.8 Å². The molecule has 3 aromatic rings. The summed E-state index contributed by atoms with van der Waals surface area (Å²) >= 11 is 6.25. The average molecular weight is 335 g/mol. The lowest BCUT2D eigenvalue weighted by Crippen LogP contribution is -1.99. The molecular formula is C18H17ClF2N2. The quantitative estimate of drug-likeness (QED) is 0.630. The van der Waals surface area contributed by atoms with E-state index in [-0.39, 0.29) is 0 Å². The Morgan fingerprint density at radius 3 is 2.65 bits per heavy atom. The summed E-state index contributed by atoms with van der Waals surface area (Å²) in [4.78, 5) is 3.21. The summed E-state index contributed by atoms with van der Waals surface area (Å²) < 4.78 is 27.4. The van der Waals surface area contributed by atoms with E-state index < -0.39 is 11.6 Å². The van der Waals surface area contributed by atoms with Crippen LogP contribution in [0, 0.1) is 11.6 Å². The van der Waals surface area contributed by atoms with Gasteiger partial charge in [-0.25, -0.2) is 8.78 Å². The molecule has 0 aliphatic heterocycles. The Labute approximate surface area is 138 Å². The van der Waals surface area contributed by atoms with Crippen LogP contribution in [0.15, 0.2) is 36.4 Å². The Balaban J connectivity index is 2.17. The van der Waals surface area contributed by atoms with Crippen molar-refractivity contribution < 1.29 is 8.78 Å². The first-order valence-electron chi connectivity index (χ1n) is 7.56. The number of nitrogens with two attached hydrogens (primary N) is 1. The van der Waals surface area contributed by atoms with Crippen LogP contribution >= 0.6 is 11.6 Å². The molecule has 2 nitrogen and oxygen atoms in total. The third-order valence-corrected chi connectivity index (χ3v) is 4.29. The van der Waals surface area contributed by atoms with Crippen LogP contribution in [0.1, 0.15) is 18.4 Å². The Bertz CT molecular complexity index is 842. The van der Waals surface area contributed by atoms with E-state index in [1.54, 1.807) is 6.07 Å². The van der Waals surface area contributed by atoms with Gasteiger partial charge in [-0.3, -0.25) is 0 Å². The predicted octanol–water partition coefficient (Wildman–Crippen LogP) is 5.05. The number of rotatable bonds is 5. The van der Waals surface area contributed by atoms with E-state index in [1.165, 1.54) is 12.1 Å². The minimum absolute atomic E-state index is 0.349. The van der Waals surface area contributed by atoms with Gasteiger partial charge in [0.2, 0.25) is 0 Å². The van der Waals surface area contributed by atoms with Crippen LogP contribution in [0.5, 0.6) is 0 Å². The Morgan fingerprint density at radius 1 is 1.09 bits per heavy atom. The van der Waals surface area contributed by atoms with Crippen LogP contribution in [0.25, 0.3) is 22.2 Å². The van der Waals surface area contributed by atoms with Gasteiger partial charge in [-0.05, 0) is 49.6 Å². The van der Waals surface area contributed by atoms with Crippen molar-refractivity contribution in [2.75, 3.05) is 6.54 Å². The largest absolute Gasteiger partial charge is 0.353 e. The summed E-state index contributed by atoms with van der Waals surface area (Å²) in [5.74, 6) is -1.18. The molecule has 3 rings (SSSR count). The maximum atomic E-state index is 14.2. The molecule has 0 radical (unpaired) electrons. The molecule has 0 bridgehead atoms. The molecule has 0 fully saturated rings. The van der Waals surface area contributed by atoms with E-state index in [9.17, 15) is 8.78 Å². The molecule has 0 aliphatic rings. The number of H-pyrrole nitrogens is 1. The number of aromatic nitrogens is 1. The van der Waals surface area contributed by atoms with Crippen LogP contribution in [0.2, 0.25) is 5.02 Å². The van der Waals surface area contributed by atoms with Crippen LogP contribution in [0.4, 0.5) is 8.78 Å². The Hall–Kier alpha value is -1.91. The summed E-state index contributed by atoms with van der Waals surface area (Å²) in [6, 6.07) is 9.22. The third-order valence-electron chi connectivity index (χ3n) is 3.97. The number of aryl methyl sites for hydroxylation is 1. The monoisotopic (exact) mass is 334 g/mol. The SMILES string of the molecule is NCCCCc1c(-c2ccc(F)cc2F)[nH]c2c(Cl)cccc12. The molecule has 0 amide bonds. The number of benzene rings is 2. The number of para-hydroxylation sites is 1. The molecule has 1 aromatic heterocycles. The zero-order valence-electron chi connectivity index (χ0n) is 12.5. The fraction of sp³-hybridized carbons (Fsp3) is 0.222. The first-order chi connectivity index (χ1) is 11.1. The second kappa shape index (κ2) is 6.69. The third kappa shape index (κ3) is 3.09. The molecule has 3 N–H and O–H groups in total. The lowest BCUT2D eigenvalue weighted by molar-refractivity contribution is 0.585. The summed E-state index contributed by atoms with van der Waals surface area (Å²) in [6.45, 7) is 0.614. The number of hydrogen-bond acceptors (Lipinski definition) is 1. The van der Waals surface area contributed by atoms with Gasteiger partial charge in [0.25, 0.3) is 0 Å². The fourth-order valence-corrected chi connectivity index (χ4v) is 3.09. The van der Waals surface area contributed by atoms with Crippen molar-refractivity contribution in [3.8, 4) is 11.3 Å². The van der Waals surface area contributed by atoms with Gasteiger partial charge in [-0.1, -0.05) is 23.7 Å². The van der Waals surface area contributed by atoms with Crippen molar-refractivity contribution in [2.45, 2.75) is 19.3 Å². The Morgan fingerprint density at radius 2 is 1.91 bits per heavy atom. The van der Waals surface area contributed by atoms with Gasteiger partial charge in [-0.2, -0.15) is 0 Å². The van der Waals surface area contributed by atoms with E-state index in [0.29, 0.717) is 22.8 Å². The highest BCUT2D eigenvalue weighted by atomic mass is 35.5. The normalized spacial score (nSPS) is 11.3. The second-order valence-electron chi connectivity index (χ2n) is 5.51. The second-order valence-corrected chi connectivity index (χ2v) is 5.92. The zero-order chi connectivity index (χ0) is 16.4. The van der Waals surface area contributed by atoms with E-state index in [2.05, 4.69) is 4.98 Å². The number of unbranched alkanes of at least 4 members (excludes halogenated alkanes) is 1. The van der Waals surface area contributed by atoms with Gasteiger partial charge in [0, 0.05) is 17.0 Å². The molecule has 5 heteroatoms. The van der Waals surface area contributed by atoms with Crippen molar-refractivity contribution in [3.63, 3.8) is 0 Å². The summed E-state index contributed by atoms with van der Waals surface area (Å²) in [7, 11) is 0. The van der Waals surface area contributed by atoms with Gasteiger partial charge in [0.05, 0.1) is 16.2 Å². The molecular weight excluding hydrogens is 318 g/mol. The van der Waals surface area contributed by atoms with Gasteiger partial charge in [0.15, 0.2) is 0 Å². The lowest BCUT2D eigenvalue weighted by atomic mass is 10.00. The van der Waals surface area contributed by atoms with Crippen molar-refractivity contribution in [1.82, 2.24) is 4.98 Å². The molecule has 23 heavy (non-hydrogen) atoms. The van der Waals surface area contributed by atoms with Crippen molar-refractivity contribution in [3.05, 3.63) is 58.6 Å². The van der Waals surface area contributed by atoms with Gasteiger partial charge < -0.3 is 10.7 Å². The van der Waals surface area contributed by atoms with Crippen LogP contribution < -0.4 is 5.73 Å². The average Bonchev–Trinajstić information content (AvgIpc) is 2.88. The predicted molar refractivity (Wildman–Crippen MR) is 90.7 cm³/mol. The summed E-state index contributed by atoms with van der Waals surface area (Å²) in [5, 5.41) is 1.55. The number of halogens is 3. The van der Waals surface area contributed by atoms with Crippen LogP contribution in [-0.2, 0) is 6.42 Å². The number of aromatic amines is 1. The lowest BCUT2D eigenvalue weighted by Gasteiger charge is -2.06. The fourth-order valence-electron chi connectivity index (χ4n) is 2.87. The molecule has 0 saturated heterocycles. The summed E-state index contributed by atoms with van der Waals surface area (Å²) in [5.41, 5.74) is 8.33. The van der Waals surface area contributed by atoms with E-state index >= 15 is 0 Å². The number of hydrogen-bond donors (Lipinski definition) is 2. The maximum absolute atomic E-state index is 14.2. The van der Waals surface area contributed by atoms with E-state index in [1.807, 2.05) is 12.1 Å². The van der Waals surface area contributed by atoms with Gasteiger partial charge in [0.1, 0.15) is 11.6 Å². The first kappa shape index (κ1) is 16.0. The zero-order valence-corrected chi connectivity index (χ0v) is 13.3. The highest BCUT2D eigenvalue weighted by Crippen LogP contribution is 2.35. The molecule has 0 aliphatic carbocycles. The van der Waals surface area contributed by atoms with Crippen molar-refractivity contribution >= 4 is 22.5 Å². The number of nitrogens with one attached hydrogen (secondary N) is 1. The topological polar surface area (TPSA) is 41.8 Å². The smallest absolute Gasteiger partial charge is 0.135 e. The van der Waals surface area contributed by atoms with Gasteiger partial charge in [-0.15, -0.1) is 0 Å². The Kier molecular flexibility index (Phi) is 4.64.